The molecule has 0 fully saturated rings. The van der Waals surface area contributed by atoms with Crippen LogP contribution in [0.1, 0.15) is 66.8 Å². The van der Waals surface area contributed by atoms with Crippen LogP contribution < -0.4 is 5.56 Å². The van der Waals surface area contributed by atoms with Crippen molar-refractivity contribution in [3.8, 4) is 0 Å². The highest BCUT2D eigenvalue weighted by Gasteiger charge is 2.29. The third-order valence-corrected chi connectivity index (χ3v) is 10.8. The first kappa shape index (κ1) is 25.1. The van der Waals surface area contributed by atoms with Crippen molar-refractivity contribution in [3.63, 3.8) is 0 Å². The van der Waals surface area contributed by atoms with Crippen molar-refractivity contribution in [2.75, 3.05) is 0 Å². The molecule has 0 saturated heterocycles. The molecule has 202 valence electrons. The van der Waals surface area contributed by atoms with E-state index in [4.69, 9.17) is 9.40 Å². The standard InChI is InChI=1S/C36H36N2O2/c1-13-16(4)23(11)33-26(17(13)5)25-18(6)19(7)28-29-27(20(8)24(12)34(40-33)30(25)29)35-37-31-21(9)14(2)15(3)22(10)32(31)38(35)36(28)39/h1-12H3. The van der Waals surface area contributed by atoms with Crippen LogP contribution in [0, 0.1) is 83.1 Å². The second-order valence-electron chi connectivity index (χ2n) is 12.3. The van der Waals surface area contributed by atoms with E-state index in [1.165, 1.54) is 44.2 Å². The van der Waals surface area contributed by atoms with Gasteiger partial charge in [-0.25, -0.2) is 4.98 Å². The van der Waals surface area contributed by atoms with E-state index < -0.39 is 0 Å². The van der Waals surface area contributed by atoms with Crippen LogP contribution in [-0.4, -0.2) is 9.38 Å². The minimum atomic E-state index is 0.0101. The fourth-order valence-electron chi connectivity index (χ4n) is 7.43. The van der Waals surface area contributed by atoms with Crippen molar-refractivity contribution >= 4 is 60.2 Å². The Morgan fingerprint density at radius 1 is 0.450 bits per heavy atom. The van der Waals surface area contributed by atoms with Gasteiger partial charge in [0.25, 0.3) is 5.56 Å². The molecule has 0 bridgehead atoms. The Balaban J connectivity index is 1.93. The molecule has 7 rings (SSSR count). The minimum absolute atomic E-state index is 0.0101. The van der Waals surface area contributed by atoms with E-state index in [1.54, 1.807) is 0 Å². The monoisotopic (exact) mass is 528 g/mol. The minimum Gasteiger partial charge on any atom is -0.455 e. The molecule has 0 N–H and O–H groups in total. The maximum Gasteiger partial charge on any atom is 0.265 e. The van der Waals surface area contributed by atoms with Gasteiger partial charge in [0.1, 0.15) is 16.8 Å². The van der Waals surface area contributed by atoms with Gasteiger partial charge in [-0.15, -0.1) is 0 Å². The van der Waals surface area contributed by atoms with E-state index in [9.17, 15) is 4.79 Å². The van der Waals surface area contributed by atoms with Crippen LogP contribution in [0.15, 0.2) is 9.21 Å². The average molecular weight is 529 g/mol. The number of hydrogen-bond donors (Lipinski definition) is 0. The quantitative estimate of drug-likeness (QED) is 0.146. The summed E-state index contributed by atoms with van der Waals surface area (Å²) >= 11 is 0. The molecule has 0 unspecified atom stereocenters. The topological polar surface area (TPSA) is 47.5 Å². The molecule has 0 aliphatic heterocycles. The average Bonchev–Trinajstić information content (AvgIpc) is 3.34. The summed E-state index contributed by atoms with van der Waals surface area (Å²) in [5.41, 5.74) is 18.6. The van der Waals surface area contributed by atoms with Crippen molar-refractivity contribution in [1.29, 1.82) is 0 Å². The van der Waals surface area contributed by atoms with Gasteiger partial charge in [0, 0.05) is 26.9 Å². The van der Waals surface area contributed by atoms with Gasteiger partial charge in [0.15, 0.2) is 0 Å². The number of benzene rings is 4. The van der Waals surface area contributed by atoms with Gasteiger partial charge in [0.05, 0.1) is 16.4 Å². The number of nitrogens with zero attached hydrogens (tertiary/aromatic N) is 2. The van der Waals surface area contributed by atoms with Crippen molar-refractivity contribution in [2.24, 2.45) is 0 Å². The largest absolute Gasteiger partial charge is 0.455 e. The molecule has 0 amide bonds. The highest BCUT2D eigenvalue weighted by atomic mass is 16.3. The zero-order valence-electron chi connectivity index (χ0n) is 25.7. The number of imidazole rings is 1. The van der Waals surface area contributed by atoms with Crippen molar-refractivity contribution in [1.82, 2.24) is 9.38 Å². The highest BCUT2D eigenvalue weighted by molar-refractivity contribution is 6.32. The van der Waals surface area contributed by atoms with Crippen molar-refractivity contribution in [3.05, 3.63) is 77.1 Å². The molecule has 0 aliphatic rings. The van der Waals surface area contributed by atoms with Crippen molar-refractivity contribution < 1.29 is 4.42 Å². The lowest BCUT2D eigenvalue weighted by Crippen LogP contribution is -2.17. The first-order valence-corrected chi connectivity index (χ1v) is 14.2. The summed E-state index contributed by atoms with van der Waals surface area (Å²) in [4.78, 5) is 19.9. The molecule has 3 aromatic heterocycles. The van der Waals surface area contributed by atoms with E-state index in [1.807, 2.05) is 4.40 Å². The predicted molar refractivity (Wildman–Crippen MR) is 169 cm³/mol. The zero-order chi connectivity index (χ0) is 28.8. The van der Waals surface area contributed by atoms with Gasteiger partial charge < -0.3 is 4.42 Å². The Labute approximate surface area is 234 Å². The summed E-state index contributed by atoms with van der Waals surface area (Å²) in [6, 6.07) is 0. The fourth-order valence-corrected chi connectivity index (χ4v) is 7.43. The summed E-state index contributed by atoms with van der Waals surface area (Å²) in [5.74, 6) is 0. The Morgan fingerprint density at radius 3 is 1.60 bits per heavy atom. The molecule has 4 nitrogen and oxygen atoms in total. The zero-order valence-corrected chi connectivity index (χ0v) is 25.7. The van der Waals surface area contributed by atoms with Crippen LogP contribution in [0.2, 0.25) is 0 Å². The third-order valence-electron chi connectivity index (χ3n) is 10.8. The second kappa shape index (κ2) is 7.63. The van der Waals surface area contributed by atoms with E-state index >= 15 is 0 Å². The SMILES string of the molecule is Cc1c(C)c(C)c2c(nc3c4c(C)c(C)c5oc6c(C)c(C)c(C)c(C)c6c6c(C)c(C)c(c(=O)n32)c4c56)c1C. The summed E-state index contributed by atoms with van der Waals surface area (Å²) in [6.45, 7) is 25.9. The summed E-state index contributed by atoms with van der Waals surface area (Å²) in [6.07, 6.45) is 0. The second-order valence-corrected chi connectivity index (χ2v) is 12.3. The highest BCUT2D eigenvalue weighted by Crippen LogP contribution is 2.47. The molecular formula is C36H36N2O2. The van der Waals surface area contributed by atoms with Gasteiger partial charge >= 0.3 is 0 Å². The predicted octanol–water partition coefficient (Wildman–Crippen LogP) is 9.19. The molecule has 0 aliphatic carbocycles. The first-order valence-electron chi connectivity index (χ1n) is 14.2. The third kappa shape index (κ3) is 2.59. The van der Waals surface area contributed by atoms with E-state index in [0.717, 1.165) is 82.8 Å². The van der Waals surface area contributed by atoms with Crippen LogP contribution in [0.5, 0.6) is 0 Å². The maximum absolute atomic E-state index is 14.7. The molecule has 3 heterocycles. The molecular weight excluding hydrogens is 492 g/mol. The van der Waals surface area contributed by atoms with E-state index in [-0.39, 0.29) is 5.56 Å². The summed E-state index contributed by atoms with van der Waals surface area (Å²) in [7, 11) is 0. The van der Waals surface area contributed by atoms with Crippen molar-refractivity contribution in [2.45, 2.75) is 83.1 Å². The van der Waals surface area contributed by atoms with Gasteiger partial charge in [0.2, 0.25) is 0 Å². The van der Waals surface area contributed by atoms with E-state index in [0.29, 0.717) is 0 Å². The van der Waals surface area contributed by atoms with Crippen LogP contribution in [-0.2, 0) is 0 Å². The molecule has 0 saturated carbocycles. The van der Waals surface area contributed by atoms with Crippen LogP contribution >= 0.6 is 0 Å². The van der Waals surface area contributed by atoms with Crippen LogP contribution in [0.3, 0.4) is 0 Å². The lowest BCUT2D eigenvalue weighted by atomic mass is 9.84. The molecule has 4 aromatic carbocycles. The molecule has 4 heteroatoms. The van der Waals surface area contributed by atoms with E-state index in [2.05, 4.69) is 83.1 Å². The number of pyridine rings is 1. The Hall–Kier alpha value is -3.92. The normalized spacial score (nSPS) is 12.6. The number of hydrogen-bond acceptors (Lipinski definition) is 3. The number of aromatic nitrogens is 2. The van der Waals surface area contributed by atoms with Gasteiger partial charge in [-0.05, 0) is 150 Å². The van der Waals surface area contributed by atoms with Crippen LogP contribution in [0.25, 0.3) is 60.2 Å². The van der Waals surface area contributed by atoms with Gasteiger partial charge in [-0.1, -0.05) is 0 Å². The molecule has 0 radical (unpaired) electrons. The Morgan fingerprint density at radius 2 is 0.925 bits per heavy atom. The van der Waals surface area contributed by atoms with Gasteiger partial charge in [-0.3, -0.25) is 9.20 Å². The maximum atomic E-state index is 14.7. The molecule has 7 aromatic rings. The van der Waals surface area contributed by atoms with Gasteiger partial charge in [-0.2, -0.15) is 0 Å². The first-order chi connectivity index (χ1) is 18.8. The number of aryl methyl sites for hydroxylation is 8. The Bertz CT molecular complexity index is 2400. The molecule has 40 heavy (non-hydrogen) atoms. The molecule has 0 atom stereocenters. The summed E-state index contributed by atoms with van der Waals surface area (Å²) in [5, 5.41) is 6.26. The smallest absolute Gasteiger partial charge is 0.265 e. The number of rotatable bonds is 0. The lowest BCUT2D eigenvalue weighted by Gasteiger charge is -2.23. The fraction of sp³-hybridized carbons (Fsp3) is 0.333. The lowest BCUT2D eigenvalue weighted by molar-refractivity contribution is 0.654. The summed E-state index contributed by atoms with van der Waals surface area (Å²) < 4.78 is 8.80. The van der Waals surface area contributed by atoms with Crippen LogP contribution in [0.4, 0.5) is 0 Å². The Kier molecular flexibility index (Phi) is 4.78. The number of fused-ring (bicyclic) bond motifs is 6. The molecule has 0 spiro atoms.